The fourth-order valence-electron chi connectivity index (χ4n) is 3.78. The maximum absolute atomic E-state index is 9.39. The third-order valence-electron chi connectivity index (χ3n) is 5.13. The first-order valence-electron chi connectivity index (χ1n) is 9.21. The number of para-hydroxylation sites is 1. The second kappa shape index (κ2) is 7.12. The normalized spacial score (nSPS) is 15.5. The number of fused-ring (bicyclic) bond motifs is 1. The standard InChI is InChI=1S/C20H23N5O/c1-26-17-11-7-6-10-16(17)18-20(23-15-8-4-2-3-5-9-15)25-19(24-18)14(12-21)13-22-25/h6-7,10-11,13,15,22-23H,2-5,8-9H2,1H3. The van der Waals surface area contributed by atoms with Crippen LogP contribution in [0.2, 0.25) is 0 Å². The Balaban J connectivity index is 1.83. The Morgan fingerprint density at radius 3 is 2.73 bits per heavy atom. The van der Waals surface area contributed by atoms with Crippen molar-refractivity contribution in [2.24, 2.45) is 0 Å². The Kier molecular flexibility index (Phi) is 4.53. The summed E-state index contributed by atoms with van der Waals surface area (Å²) in [4.78, 5) is 4.78. The molecule has 1 aromatic carbocycles. The molecule has 6 heteroatoms. The van der Waals surface area contributed by atoms with Crippen molar-refractivity contribution in [1.82, 2.24) is 14.6 Å². The predicted molar refractivity (Wildman–Crippen MR) is 101 cm³/mol. The van der Waals surface area contributed by atoms with E-state index in [1.54, 1.807) is 13.3 Å². The van der Waals surface area contributed by atoms with Crippen LogP contribution < -0.4 is 10.1 Å². The number of nitrogens with one attached hydrogen (secondary N) is 2. The number of benzene rings is 1. The molecule has 26 heavy (non-hydrogen) atoms. The van der Waals surface area contributed by atoms with Crippen LogP contribution in [0.25, 0.3) is 16.9 Å². The first kappa shape index (κ1) is 16.5. The van der Waals surface area contributed by atoms with Gasteiger partial charge in [-0.1, -0.05) is 37.8 Å². The van der Waals surface area contributed by atoms with Gasteiger partial charge in [0.1, 0.15) is 23.1 Å². The number of hydrogen-bond donors (Lipinski definition) is 2. The molecule has 2 heterocycles. The van der Waals surface area contributed by atoms with Crippen LogP contribution in [0.15, 0.2) is 30.5 Å². The Morgan fingerprint density at radius 2 is 2.00 bits per heavy atom. The molecular weight excluding hydrogens is 326 g/mol. The summed E-state index contributed by atoms with van der Waals surface area (Å²) in [6.07, 6.45) is 9.12. The minimum absolute atomic E-state index is 0.416. The zero-order chi connectivity index (χ0) is 17.9. The summed E-state index contributed by atoms with van der Waals surface area (Å²) in [6, 6.07) is 10.5. The van der Waals surface area contributed by atoms with Crippen molar-refractivity contribution in [3.05, 3.63) is 36.0 Å². The van der Waals surface area contributed by atoms with Gasteiger partial charge in [-0.3, -0.25) is 5.10 Å². The van der Waals surface area contributed by atoms with Crippen molar-refractivity contribution in [1.29, 1.82) is 5.26 Å². The molecule has 2 N–H and O–H groups in total. The lowest BCUT2D eigenvalue weighted by molar-refractivity contribution is 0.416. The Labute approximate surface area is 152 Å². The molecular formula is C20H23N5O. The Hall–Kier alpha value is -2.94. The lowest BCUT2D eigenvalue weighted by Crippen LogP contribution is -2.20. The summed E-state index contributed by atoms with van der Waals surface area (Å²) in [7, 11) is 1.67. The third kappa shape index (κ3) is 2.90. The monoisotopic (exact) mass is 349 g/mol. The van der Waals surface area contributed by atoms with Crippen LogP contribution in [-0.4, -0.2) is 27.7 Å². The topological polar surface area (TPSA) is 78.1 Å². The van der Waals surface area contributed by atoms with Crippen molar-refractivity contribution in [3.63, 3.8) is 0 Å². The molecule has 1 aliphatic rings. The van der Waals surface area contributed by atoms with E-state index < -0.39 is 0 Å². The highest BCUT2D eigenvalue weighted by Crippen LogP contribution is 2.36. The molecule has 0 amide bonds. The van der Waals surface area contributed by atoms with Crippen LogP contribution in [0.1, 0.15) is 44.1 Å². The number of ether oxygens (including phenoxy) is 1. The van der Waals surface area contributed by atoms with E-state index in [4.69, 9.17) is 9.72 Å². The fraction of sp³-hybridized carbons (Fsp3) is 0.400. The predicted octanol–water partition coefficient (Wildman–Crippen LogP) is 4.34. The molecule has 1 aliphatic carbocycles. The van der Waals surface area contributed by atoms with E-state index >= 15 is 0 Å². The number of methoxy groups -OCH3 is 1. The summed E-state index contributed by atoms with van der Waals surface area (Å²) in [6.45, 7) is 0. The van der Waals surface area contributed by atoms with Crippen LogP contribution in [0.3, 0.4) is 0 Å². The molecule has 0 radical (unpaired) electrons. The highest BCUT2D eigenvalue weighted by Gasteiger charge is 2.23. The number of H-pyrrole nitrogens is 1. The third-order valence-corrected chi connectivity index (χ3v) is 5.13. The number of imidazole rings is 1. The first-order valence-corrected chi connectivity index (χ1v) is 9.21. The maximum atomic E-state index is 9.39. The molecule has 1 saturated carbocycles. The smallest absolute Gasteiger partial charge is 0.173 e. The lowest BCUT2D eigenvalue weighted by atomic mass is 10.1. The number of anilines is 1. The summed E-state index contributed by atoms with van der Waals surface area (Å²) < 4.78 is 7.42. The molecule has 6 nitrogen and oxygen atoms in total. The second-order valence-corrected chi connectivity index (χ2v) is 6.80. The van der Waals surface area contributed by atoms with Gasteiger partial charge in [0.2, 0.25) is 0 Å². The summed E-state index contributed by atoms with van der Waals surface area (Å²) >= 11 is 0. The van der Waals surface area contributed by atoms with Crippen LogP contribution in [-0.2, 0) is 0 Å². The number of nitrogens with zero attached hydrogens (tertiary/aromatic N) is 3. The van der Waals surface area contributed by atoms with Gasteiger partial charge in [-0.2, -0.15) is 5.26 Å². The van der Waals surface area contributed by atoms with Crippen LogP contribution in [0, 0.1) is 11.3 Å². The zero-order valence-electron chi connectivity index (χ0n) is 15.0. The number of aromatic nitrogens is 3. The first-order chi connectivity index (χ1) is 12.8. The molecule has 0 aliphatic heterocycles. The van der Waals surface area contributed by atoms with E-state index in [1.807, 2.05) is 28.8 Å². The average Bonchev–Trinajstić information content (AvgIpc) is 3.12. The van der Waals surface area contributed by atoms with Crippen molar-refractivity contribution >= 4 is 11.5 Å². The van der Waals surface area contributed by atoms with Crippen molar-refractivity contribution in [2.45, 2.75) is 44.6 Å². The molecule has 4 rings (SSSR count). The highest BCUT2D eigenvalue weighted by molar-refractivity contribution is 5.81. The van der Waals surface area contributed by atoms with Crippen LogP contribution >= 0.6 is 0 Å². The van der Waals surface area contributed by atoms with Crippen molar-refractivity contribution in [3.8, 4) is 23.1 Å². The van der Waals surface area contributed by atoms with Crippen LogP contribution in [0.5, 0.6) is 5.75 Å². The number of rotatable bonds is 4. The van der Waals surface area contributed by atoms with E-state index in [0.717, 1.165) is 35.7 Å². The molecule has 0 saturated heterocycles. The molecule has 0 spiro atoms. The van der Waals surface area contributed by atoms with E-state index in [-0.39, 0.29) is 0 Å². The van der Waals surface area contributed by atoms with Crippen molar-refractivity contribution in [2.75, 3.05) is 12.4 Å². The van der Waals surface area contributed by atoms with Gasteiger partial charge in [-0.15, -0.1) is 0 Å². The second-order valence-electron chi connectivity index (χ2n) is 6.80. The van der Waals surface area contributed by atoms with Gasteiger partial charge in [-0.25, -0.2) is 9.50 Å². The molecule has 0 atom stereocenters. The van der Waals surface area contributed by atoms with Crippen molar-refractivity contribution < 1.29 is 4.74 Å². The number of nitriles is 1. The van der Waals surface area contributed by atoms with Gasteiger partial charge in [-0.05, 0) is 25.0 Å². The lowest BCUT2D eigenvalue weighted by Gasteiger charge is -2.18. The summed E-state index contributed by atoms with van der Waals surface area (Å²) in [5.74, 6) is 1.67. The Morgan fingerprint density at radius 1 is 1.23 bits per heavy atom. The van der Waals surface area contributed by atoms with E-state index in [0.29, 0.717) is 17.3 Å². The fourth-order valence-corrected chi connectivity index (χ4v) is 3.78. The SMILES string of the molecule is COc1ccccc1-c1nc2c(C#N)c[nH]n2c1NC1CCCCCC1. The molecule has 0 bridgehead atoms. The van der Waals surface area contributed by atoms with Gasteiger partial charge >= 0.3 is 0 Å². The quantitative estimate of drug-likeness (QED) is 0.687. The van der Waals surface area contributed by atoms with Gasteiger partial charge in [0, 0.05) is 17.8 Å². The average molecular weight is 349 g/mol. The van der Waals surface area contributed by atoms with Gasteiger partial charge in [0.15, 0.2) is 11.5 Å². The number of aromatic amines is 1. The summed E-state index contributed by atoms with van der Waals surface area (Å²) in [5, 5.41) is 16.3. The largest absolute Gasteiger partial charge is 0.496 e. The highest BCUT2D eigenvalue weighted by atomic mass is 16.5. The summed E-state index contributed by atoms with van der Waals surface area (Å²) in [5.41, 5.74) is 2.92. The van der Waals surface area contributed by atoms with Crippen LogP contribution in [0.4, 0.5) is 5.82 Å². The molecule has 3 aromatic rings. The van der Waals surface area contributed by atoms with E-state index in [2.05, 4.69) is 16.5 Å². The van der Waals surface area contributed by atoms with E-state index in [1.165, 1.54) is 25.7 Å². The molecule has 1 fully saturated rings. The molecule has 0 unspecified atom stereocenters. The van der Waals surface area contributed by atoms with Gasteiger partial charge < -0.3 is 10.1 Å². The van der Waals surface area contributed by atoms with Gasteiger partial charge in [0.25, 0.3) is 0 Å². The molecule has 2 aromatic heterocycles. The zero-order valence-corrected chi connectivity index (χ0v) is 15.0. The minimum atomic E-state index is 0.416. The van der Waals surface area contributed by atoms with E-state index in [9.17, 15) is 5.26 Å². The minimum Gasteiger partial charge on any atom is -0.496 e. The maximum Gasteiger partial charge on any atom is 0.173 e. The van der Waals surface area contributed by atoms with Gasteiger partial charge in [0.05, 0.1) is 7.11 Å². The molecule has 134 valence electrons. The Bertz CT molecular complexity index is 941. The number of hydrogen-bond acceptors (Lipinski definition) is 4.